The van der Waals surface area contributed by atoms with Crippen LogP contribution in [0.1, 0.15) is 6.42 Å². The largest absolute Gasteiger partial charge is 0.496 e. The third kappa shape index (κ3) is 2.89. The van der Waals surface area contributed by atoms with Crippen molar-refractivity contribution in [3.05, 3.63) is 28.3 Å². The molecular formula is C13H16N2O6. The lowest BCUT2D eigenvalue weighted by atomic mass is 10.2. The maximum atomic E-state index is 11.4. The number of rotatable bonds is 5. The van der Waals surface area contributed by atoms with Crippen LogP contribution in [0.2, 0.25) is 0 Å². The van der Waals surface area contributed by atoms with Crippen LogP contribution in [-0.4, -0.2) is 48.9 Å². The van der Waals surface area contributed by atoms with E-state index in [2.05, 4.69) is 0 Å². The van der Waals surface area contributed by atoms with Crippen LogP contribution in [0.4, 0.5) is 11.4 Å². The van der Waals surface area contributed by atoms with Crippen LogP contribution >= 0.6 is 0 Å². The highest BCUT2D eigenvalue weighted by atomic mass is 16.6. The summed E-state index contributed by atoms with van der Waals surface area (Å²) in [7, 11) is 2.91. The number of hydrogen-bond acceptors (Lipinski definition) is 6. The lowest BCUT2D eigenvalue weighted by molar-refractivity contribution is -0.384. The molecule has 1 aliphatic heterocycles. The maximum absolute atomic E-state index is 11.4. The number of benzene rings is 1. The normalized spacial score (nSPS) is 21.3. The summed E-state index contributed by atoms with van der Waals surface area (Å²) < 4.78 is 10.2. The lowest BCUT2D eigenvalue weighted by Gasteiger charge is -2.23. The fourth-order valence-electron chi connectivity index (χ4n) is 2.49. The minimum atomic E-state index is -1.03. The van der Waals surface area contributed by atoms with Crippen molar-refractivity contribution < 1.29 is 24.3 Å². The molecule has 1 aromatic carbocycles. The molecule has 1 saturated heterocycles. The van der Waals surface area contributed by atoms with E-state index in [0.717, 1.165) is 0 Å². The number of carbonyl (C=O) groups is 1. The average molecular weight is 296 g/mol. The topological polar surface area (TPSA) is 102 Å². The van der Waals surface area contributed by atoms with Crippen molar-refractivity contribution in [2.24, 2.45) is 0 Å². The minimum absolute atomic E-state index is 0.183. The summed E-state index contributed by atoms with van der Waals surface area (Å²) in [5.41, 5.74) is 0.0742. The number of nitrogens with zero attached hydrogens (tertiary/aromatic N) is 2. The van der Waals surface area contributed by atoms with E-state index < -0.39 is 16.9 Å². The van der Waals surface area contributed by atoms with Gasteiger partial charge in [-0.2, -0.15) is 0 Å². The molecule has 114 valence electrons. The monoisotopic (exact) mass is 296 g/mol. The molecule has 1 fully saturated rings. The highest BCUT2D eigenvalue weighted by molar-refractivity contribution is 5.81. The standard InChI is InChI=1S/C13H16N2O6/c1-20-8-3-4-10(11(5-8)15(18)19)14-7-9(21-2)6-12(14)13(16)17/h3-5,9,12H,6-7H2,1-2H3,(H,16,17). The summed E-state index contributed by atoms with van der Waals surface area (Å²) >= 11 is 0. The van der Waals surface area contributed by atoms with Gasteiger partial charge in [-0.15, -0.1) is 0 Å². The number of anilines is 1. The number of carboxylic acid groups (broad SMARTS) is 1. The molecule has 1 N–H and O–H groups in total. The summed E-state index contributed by atoms with van der Waals surface area (Å²) in [5.74, 6) is -0.681. The number of nitro groups is 1. The lowest BCUT2D eigenvalue weighted by Crippen LogP contribution is -2.36. The van der Waals surface area contributed by atoms with E-state index in [1.54, 1.807) is 6.07 Å². The summed E-state index contributed by atoms with van der Waals surface area (Å²) in [6.45, 7) is 0.292. The summed E-state index contributed by atoms with van der Waals surface area (Å²) in [6, 6.07) is 3.52. The molecule has 1 aliphatic rings. The van der Waals surface area contributed by atoms with Gasteiger partial charge in [0.25, 0.3) is 5.69 Å². The molecular weight excluding hydrogens is 280 g/mol. The molecule has 0 saturated carbocycles. The maximum Gasteiger partial charge on any atom is 0.326 e. The smallest absolute Gasteiger partial charge is 0.326 e. The Bertz CT molecular complexity index is 562. The molecule has 1 aromatic rings. The molecule has 8 heteroatoms. The van der Waals surface area contributed by atoms with Gasteiger partial charge in [0.05, 0.1) is 24.2 Å². The van der Waals surface area contributed by atoms with Crippen LogP contribution in [0.3, 0.4) is 0 Å². The van der Waals surface area contributed by atoms with E-state index in [-0.39, 0.29) is 23.9 Å². The van der Waals surface area contributed by atoms with Crippen molar-refractivity contribution in [3.8, 4) is 5.75 Å². The second kappa shape index (κ2) is 5.96. The Hall–Kier alpha value is -2.35. The van der Waals surface area contributed by atoms with Crippen LogP contribution < -0.4 is 9.64 Å². The van der Waals surface area contributed by atoms with Crippen molar-refractivity contribution >= 4 is 17.3 Å². The first-order chi connectivity index (χ1) is 9.97. The molecule has 0 aliphatic carbocycles. The van der Waals surface area contributed by atoms with Gasteiger partial charge in [0.1, 0.15) is 17.5 Å². The quantitative estimate of drug-likeness (QED) is 0.645. The van der Waals surface area contributed by atoms with Gasteiger partial charge in [0, 0.05) is 20.1 Å². The Balaban J connectivity index is 2.44. The predicted molar refractivity (Wildman–Crippen MR) is 73.8 cm³/mol. The molecule has 1 heterocycles. The highest BCUT2D eigenvalue weighted by Gasteiger charge is 2.39. The Morgan fingerprint density at radius 1 is 1.48 bits per heavy atom. The Morgan fingerprint density at radius 2 is 2.19 bits per heavy atom. The third-order valence-electron chi connectivity index (χ3n) is 3.57. The van der Waals surface area contributed by atoms with Crippen molar-refractivity contribution in [1.29, 1.82) is 0 Å². The van der Waals surface area contributed by atoms with E-state index in [4.69, 9.17) is 9.47 Å². The third-order valence-corrected chi connectivity index (χ3v) is 3.57. The number of aliphatic carboxylic acids is 1. The Kier molecular flexibility index (Phi) is 4.27. The highest BCUT2D eigenvalue weighted by Crippen LogP contribution is 2.36. The van der Waals surface area contributed by atoms with Crippen LogP contribution in [0.15, 0.2) is 18.2 Å². The molecule has 0 bridgehead atoms. The number of ether oxygens (including phenoxy) is 2. The van der Waals surface area contributed by atoms with Gasteiger partial charge in [-0.1, -0.05) is 0 Å². The van der Waals surface area contributed by atoms with Gasteiger partial charge >= 0.3 is 5.97 Å². The number of nitro benzene ring substituents is 1. The summed E-state index contributed by atoms with van der Waals surface area (Å²) in [4.78, 5) is 23.5. The van der Waals surface area contributed by atoms with Gasteiger partial charge in [0.15, 0.2) is 0 Å². The van der Waals surface area contributed by atoms with Gasteiger partial charge in [-0.25, -0.2) is 4.79 Å². The van der Waals surface area contributed by atoms with Crippen LogP contribution in [0, 0.1) is 10.1 Å². The number of hydrogen-bond donors (Lipinski definition) is 1. The number of carboxylic acids is 1. The summed E-state index contributed by atoms with van der Waals surface area (Å²) in [5, 5.41) is 20.5. The van der Waals surface area contributed by atoms with Crippen molar-refractivity contribution in [2.75, 3.05) is 25.7 Å². The second-order valence-electron chi connectivity index (χ2n) is 4.71. The van der Waals surface area contributed by atoms with Crippen LogP contribution in [0.5, 0.6) is 5.75 Å². The van der Waals surface area contributed by atoms with E-state index in [1.807, 2.05) is 0 Å². The van der Waals surface area contributed by atoms with Crippen LogP contribution in [-0.2, 0) is 9.53 Å². The molecule has 2 rings (SSSR count). The first-order valence-electron chi connectivity index (χ1n) is 6.32. The Labute approximate surface area is 121 Å². The second-order valence-corrected chi connectivity index (χ2v) is 4.71. The van der Waals surface area contributed by atoms with Gasteiger partial charge in [-0.05, 0) is 12.1 Å². The zero-order valence-corrected chi connectivity index (χ0v) is 11.7. The zero-order valence-electron chi connectivity index (χ0n) is 11.7. The summed E-state index contributed by atoms with van der Waals surface area (Å²) in [6.07, 6.45) is 0.0162. The van der Waals surface area contributed by atoms with Gasteiger partial charge in [-0.3, -0.25) is 10.1 Å². The van der Waals surface area contributed by atoms with Crippen molar-refractivity contribution in [1.82, 2.24) is 0 Å². The van der Waals surface area contributed by atoms with Crippen molar-refractivity contribution in [3.63, 3.8) is 0 Å². The molecule has 2 atom stereocenters. The minimum Gasteiger partial charge on any atom is -0.496 e. The average Bonchev–Trinajstić information content (AvgIpc) is 2.90. The van der Waals surface area contributed by atoms with E-state index >= 15 is 0 Å². The predicted octanol–water partition coefficient (Wildman–Crippen LogP) is 1.28. The molecule has 0 spiro atoms. The molecule has 0 radical (unpaired) electrons. The van der Waals surface area contributed by atoms with E-state index in [9.17, 15) is 20.0 Å². The fourth-order valence-corrected chi connectivity index (χ4v) is 2.49. The molecule has 0 amide bonds. The molecule has 21 heavy (non-hydrogen) atoms. The first-order valence-corrected chi connectivity index (χ1v) is 6.32. The molecule has 8 nitrogen and oxygen atoms in total. The van der Waals surface area contributed by atoms with E-state index in [1.165, 1.54) is 31.3 Å². The first kappa shape index (κ1) is 15.0. The SMILES string of the molecule is COc1ccc(N2CC(OC)CC2C(=O)O)c([N+](=O)[O-])c1. The Morgan fingerprint density at radius 3 is 2.71 bits per heavy atom. The van der Waals surface area contributed by atoms with Gasteiger partial charge in [0.2, 0.25) is 0 Å². The molecule has 2 unspecified atom stereocenters. The van der Waals surface area contributed by atoms with Crippen LogP contribution in [0.25, 0.3) is 0 Å². The van der Waals surface area contributed by atoms with Gasteiger partial charge < -0.3 is 19.5 Å². The zero-order chi connectivity index (χ0) is 15.6. The number of methoxy groups -OCH3 is 2. The van der Waals surface area contributed by atoms with Crippen molar-refractivity contribution in [2.45, 2.75) is 18.6 Å². The van der Waals surface area contributed by atoms with E-state index in [0.29, 0.717) is 12.3 Å². The fraction of sp³-hybridized carbons (Fsp3) is 0.462. The molecule has 0 aromatic heterocycles.